The van der Waals surface area contributed by atoms with E-state index in [1.807, 2.05) is 13.8 Å². The number of hydrazine groups is 1. The Bertz CT molecular complexity index is 168. The van der Waals surface area contributed by atoms with Crippen LogP contribution in [0.3, 0.4) is 0 Å². The summed E-state index contributed by atoms with van der Waals surface area (Å²) in [4.78, 5) is 13.6. The van der Waals surface area contributed by atoms with Gasteiger partial charge in [0, 0.05) is 0 Å². The Morgan fingerprint density at radius 2 is 2.45 bits per heavy atom. The van der Waals surface area contributed by atoms with E-state index < -0.39 is 5.03 Å². The van der Waals surface area contributed by atoms with E-state index >= 15 is 0 Å². The lowest BCUT2D eigenvalue weighted by molar-refractivity contribution is -0.525. The molecule has 0 saturated heterocycles. The molecule has 0 aliphatic carbocycles. The van der Waals surface area contributed by atoms with Crippen molar-refractivity contribution in [2.75, 3.05) is 0 Å². The zero-order valence-electron chi connectivity index (χ0n) is 6.57. The minimum atomic E-state index is -0.735. The van der Waals surface area contributed by atoms with Gasteiger partial charge in [0.05, 0.1) is 6.04 Å². The summed E-state index contributed by atoms with van der Waals surface area (Å²) in [6, 6.07) is 0.0162. The van der Waals surface area contributed by atoms with E-state index in [1.54, 1.807) is 5.43 Å². The second kappa shape index (κ2) is 4.48. The maximum Gasteiger partial charge on any atom is 0.251 e. The Hall–Kier alpha value is -1.33. The second-order valence-corrected chi connectivity index (χ2v) is 2.14. The number of hydrogen-bond donors (Lipinski definition) is 2. The van der Waals surface area contributed by atoms with Gasteiger partial charge in [0.2, 0.25) is 0 Å². The van der Waals surface area contributed by atoms with Crippen LogP contribution in [-0.4, -0.2) is 17.0 Å². The average molecular weight is 160 g/mol. The maximum atomic E-state index is 9.81. The fourth-order valence-corrected chi connectivity index (χ4v) is 0.451. The molecule has 0 amide bonds. The van der Waals surface area contributed by atoms with Crippen molar-refractivity contribution < 1.29 is 5.03 Å². The molecule has 0 heterocycles. The molecule has 0 aromatic rings. The largest absolute Gasteiger partial charge is 0.365 e. The number of nitro groups is 1. The first-order valence-electron chi connectivity index (χ1n) is 3.30. The summed E-state index contributed by atoms with van der Waals surface area (Å²) in [5.41, 5.74) is 6.91. The first-order valence-corrected chi connectivity index (χ1v) is 3.30. The molecule has 64 valence electrons. The highest BCUT2D eigenvalue weighted by atomic mass is 16.7. The lowest BCUT2D eigenvalue weighted by Crippen LogP contribution is -2.36. The predicted octanol–water partition coefficient (Wildman–Crippen LogP) is -0.119. The van der Waals surface area contributed by atoms with Gasteiger partial charge in [0.25, 0.3) is 5.96 Å². The van der Waals surface area contributed by atoms with E-state index in [0.29, 0.717) is 0 Å². The number of rotatable bonds is 3. The van der Waals surface area contributed by atoms with Gasteiger partial charge in [-0.05, 0) is 13.3 Å². The highest BCUT2D eigenvalue weighted by Gasteiger charge is 2.00. The third-order valence-corrected chi connectivity index (χ3v) is 1.16. The third kappa shape index (κ3) is 5.13. The molecule has 6 heteroatoms. The first kappa shape index (κ1) is 9.67. The molecule has 11 heavy (non-hydrogen) atoms. The Balaban J connectivity index is 3.89. The van der Waals surface area contributed by atoms with Gasteiger partial charge in [-0.25, -0.2) is 15.1 Å². The molecule has 0 aromatic heterocycles. The molecule has 0 rings (SSSR count). The van der Waals surface area contributed by atoms with Gasteiger partial charge in [0.1, 0.15) is 0 Å². The Kier molecular flexibility index (Phi) is 3.94. The van der Waals surface area contributed by atoms with E-state index in [1.165, 1.54) is 0 Å². The molecule has 0 spiro atoms. The molecular weight excluding hydrogens is 148 g/mol. The molecule has 3 N–H and O–H groups in total. The van der Waals surface area contributed by atoms with Crippen molar-refractivity contribution >= 4 is 5.96 Å². The quantitative estimate of drug-likeness (QED) is 0.260. The molecule has 1 unspecified atom stereocenters. The van der Waals surface area contributed by atoms with E-state index in [0.717, 1.165) is 6.42 Å². The van der Waals surface area contributed by atoms with Crippen LogP contribution in [0.5, 0.6) is 0 Å². The van der Waals surface area contributed by atoms with Crippen LogP contribution in [0.15, 0.2) is 4.99 Å². The smallest absolute Gasteiger partial charge is 0.251 e. The molecule has 0 aliphatic rings. The van der Waals surface area contributed by atoms with E-state index in [2.05, 4.69) is 4.99 Å². The molecule has 1 atom stereocenters. The normalized spacial score (nSPS) is 14.2. The predicted molar refractivity (Wildman–Crippen MR) is 41.5 cm³/mol. The topological polar surface area (TPSA) is 93.5 Å². The van der Waals surface area contributed by atoms with Crippen LogP contribution < -0.4 is 11.2 Å². The van der Waals surface area contributed by atoms with E-state index in [-0.39, 0.29) is 12.0 Å². The summed E-state index contributed by atoms with van der Waals surface area (Å²) in [5, 5.41) is 9.08. The van der Waals surface area contributed by atoms with Crippen LogP contribution in [0, 0.1) is 10.1 Å². The fraction of sp³-hybridized carbons (Fsp3) is 0.800. The van der Waals surface area contributed by atoms with Gasteiger partial charge >= 0.3 is 0 Å². The van der Waals surface area contributed by atoms with Crippen molar-refractivity contribution in [3.63, 3.8) is 0 Å². The van der Waals surface area contributed by atoms with Crippen molar-refractivity contribution in [2.45, 2.75) is 26.3 Å². The van der Waals surface area contributed by atoms with Gasteiger partial charge < -0.3 is 5.73 Å². The molecule has 6 nitrogen and oxygen atoms in total. The van der Waals surface area contributed by atoms with Crippen LogP contribution >= 0.6 is 0 Å². The van der Waals surface area contributed by atoms with Crippen LogP contribution in [0.25, 0.3) is 0 Å². The summed E-state index contributed by atoms with van der Waals surface area (Å²) in [7, 11) is 0. The second-order valence-electron chi connectivity index (χ2n) is 2.14. The minimum absolute atomic E-state index is 0.0162. The van der Waals surface area contributed by atoms with Gasteiger partial charge in [-0.2, -0.15) is 0 Å². The minimum Gasteiger partial charge on any atom is -0.365 e. The summed E-state index contributed by atoms with van der Waals surface area (Å²) < 4.78 is 0. The highest BCUT2D eigenvalue weighted by Crippen LogP contribution is 1.92. The number of nitrogens with two attached hydrogens (primary N) is 1. The van der Waals surface area contributed by atoms with Crippen LogP contribution in [0.4, 0.5) is 0 Å². The summed E-state index contributed by atoms with van der Waals surface area (Å²) >= 11 is 0. The first-order chi connectivity index (χ1) is 5.06. The Labute approximate surface area is 64.6 Å². The lowest BCUT2D eigenvalue weighted by atomic mass is 10.3. The van der Waals surface area contributed by atoms with Gasteiger partial charge in [-0.3, -0.25) is 0 Å². The number of hydrogen-bond acceptors (Lipinski definition) is 3. The van der Waals surface area contributed by atoms with E-state index in [4.69, 9.17) is 5.73 Å². The van der Waals surface area contributed by atoms with Crippen LogP contribution in [-0.2, 0) is 0 Å². The van der Waals surface area contributed by atoms with Crippen molar-refractivity contribution in [1.82, 2.24) is 5.43 Å². The number of nitrogens with zero attached hydrogens (tertiary/aromatic N) is 2. The van der Waals surface area contributed by atoms with Gasteiger partial charge in [0.15, 0.2) is 5.03 Å². The number of nitrogens with one attached hydrogen (secondary N) is 1. The molecule has 0 saturated carbocycles. The standard InChI is InChI=1S/C5H12N4O2/c1-3-4(2)7-5(6)8-9(10)11/h4H,3H2,1-2H3,(H3,6,7,8). The SMILES string of the molecule is CCC(C)N=C(N)N[N+](=O)[O-]. The average Bonchev–Trinajstić information content (AvgIpc) is 1.85. The zero-order valence-corrected chi connectivity index (χ0v) is 6.57. The third-order valence-electron chi connectivity index (χ3n) is 1.16. The monoisotopic (exact) mass is 160 g/mol. The number of guanidine groups is 1. The Morgan fingerprint density at radius 1 is 1.91 bits per heavy atom. The molecule has 0 bridgehead atoms. The van der Waals surface area contributed by atoms with Crippen molar-refractivity contribution in [3.8, 4) is 0 Å². The van der Waals surface area contributed by atoms with Crippen molar-refractivity contribution in [3.05, 3.63) is 10.1 Å². The molecule has 0 radical (unpaired) electrons. The van der Waals surface area contributed by atoms with E-state index in [9.17, 15) is 10.1 Å². The zero-order chi connectivity index (χ0) is 8.85. The summed E-state index contributed by atoms with van der Waals surface area (Å²) in [6.45, 7) is 3.75. The van der Waals surface area contributed by atoms with Crippen molar-refractivity contribution in [2.24, 2.45) is 10.7 Å². The summed E-state index contributed by atoms with van der Waals surface area (Å²) in [6.07, 6.45) is 0.806. The molecular formula is C5H12N4O2. The van der Waals surface area contributed by atoms with Crippen LogP contribution in [0.1, 0.15) is 20.3 Å². The van der Waals surface area contributed by atoms with Crippen LogP contribution in [0.2, 0.25) is 0 Å². The molecule has 0 fully saturated rings. The molecule has 0 aliphatic heterocycles. The summed E-state index contributed by atoms with van der Waals surface area (Å²) in [5.74, 6) is -0.149. The fourth-order valence-electron chi connectivity index (χ4n) is 0.451. The highest BCUT2D eigenvalue weighted by molar-refractivity contribution is 5.76. The van der Waals surface area contributed by atoms with Crippen molar-refractivity contribution in [1.29, 1.82) is 0 Å². The Morgan fingerprint density at radius 3 is 2.82 bits per heavy atom. The lowest BCUT2D eigenvalue weighted by Gasteiger charge is -2.01. The van der Waals surface area contributed by atoms with Gasteiger partial charge in [-0.1, -0.05) is 12.3 Å². The van der Waals surface area contributed by atoms with Gasteiger partial charge in [-0.15, -0.1) is 0 Å². The number of aliphatic imine (C=N–C) groups is 1. The molecule has 0 aromatic carbocycles. The maximum absolute atomic E-state index is 9.81.